The van der Waals surface area contributed by atoms with Crippen LogP contribution >= 0.6 is 0 Å². The molecule has 0 saturated heterocycles. The Morgan fingerprint density at radius 2 is 1.67 bits per heavy atom. The Balaban J connectivity index is 2.45. The van der Waals surface area contributed by atoms with Crippen molar-refractivity contribution in [3.8, 4) is 11.3 Å². The number of nitrogens with one attached hydrogen (secondary N) is 1. The van der Waals surface area contributed by atoms with Gasteiger partial charge in [-0.15, -0.1) is 0 Å². The molecule has 12 heavy (non-hydrogen) atoms. The first-order valence-electron chi connectivity index (χ1n) is 4.07. The van der Waals surface area contributed by atoms with Gasteiger partial charge in [-0.3, -0.25) is 0 Å². The summed E-state index contributed by atoms with van der Waals surface area (Å²) in [5.41, 5.74) is 3.63. The topological polar surface area (TPSA) is 15.8 Å². The van der Waals surface area contributed by atoms with Gasteiger partial charge in [0.25, 0.3) is 0 Å². The van der Waals surface area contributed by atoms with Crippen LogP contribution in [0, 0.1) is 6.92 Å². The van der Waals surface area contributed by atoms with Crippen molar-refractivity contribution in [3.05, 3.63) is 48.2 Å². The fourth-order valence-electron chi connectivity index (χ4n) is 1.29. The van der Waals surface area contributed by atoms with Gasteiger partial charge < -0.3 is 4.98 Å². The van der Waals surface area contributed by atoms with Crippen molar-refractivity contribution >= 4 is 0 Å². The van der Waals surface area contributed by atoms with Gasteiger partial charge in [0.05, 0.1) is 0 Å². The molecular formula is C11H11N. The minimum Gasteiger partial charge on any atom is -0.359 e. The Morgan fingerprint density at radius 1 is 0.917 bits per heavy atom. The largest absolute Gasteiger partial charge is 0.359 e. The van der Waals surface area contributed by atoms with E-state index in [1.54, 1.807) is 0 Å². The van der Waals surface area contributed by atoms with Crippen molar-refractivity contribution < 1.29 is 0 Å². The van der Waals surface area contributed by atoms with E-state index in [1.165, 1.54) is 17.0 Å². The van der Waals surface area contributed by atoms with Gasteiger partial charge in [-0.2, -0.15) is 0 Å². The summed E-state index contributed by atoms with van der Waals surface area (Å²) >= 11 is 0. The molecule has 2 aromatic rings. The second-order valence-electron chi connectivity index (χ2n) is 2.92. The summed E-state index contributed by atoms with van der Waals surface area (Å²) in [4.78, 5) is 3.29. The van der Waals surface area contributed by atoms with E-state index < -0.39 is 0 Å². The molecule has 0 aliphatic rings. The highest BCUT2D eigenvalue weighted by Gasteiger charge is 1.96. The Labute approximate surface area is 72.1 Å². The van der Waals surface area contributed by atoms with Crippen LogP contribution in [-0.2, 0) is 0 Å². The van der Waals surface area contributed by atoms with Crippen LogP contribution in [-0.4, -0.2) is 4.98 Å². The van der Waals surface area contributed by atoms with Gasteiger partial charge in [-0.25, -0.2) is 0 Å². The van der Waals surface area contributed by atoms with Gasteiger partial charge in [0.2, 0.25) is 0 Å². The molecule has 0 unspecified atom stereocenters. The third-order valence-corrected chi connectivity index (χ3v) is 1.92. The summed E-state index contributed by atoms with van der Waals surface area (Å²) in [5, 5.41) is 0. The van der Waals surface area contributed by atoms with Crippen LogP contribution in [0.5, 0.6) is 0 Å². The highest BCUT2D eigenvalue weighted by atomic mass is 14.7. The number of aromatic amines is 1. The monoisotopic (exact) mass is 157 g/mol. The summed E-state index contributed by atoms with van der Waals surface area (Å²) < 4.78 is 0. The minimum absolute atomic E-state index is 1.19. The summed E-state index contributed by atoms with van der Waals surface area (Å²) in [7, 11) is 0. The quantitative estimate of drug-likeness (QED) is 0.655. The van der Waals surface area contributed by atoms with Crippen LogP contribution in [0.15, 0.2) is 42.5 Å². The third-order valence-electron chi connectivity index (χ3n) is 1.92. The van der Waals surface area contributed by atoms with Gasteiger partial charge in [0, 0.05) is 11.4 Å². The number of benzene rings is 1. The predicted octanol–water partition coefficient (Wildman–Crippen LogP) is 2.99. The Bertz CT molecular complexity index is 360. The average molecular weight is 157 g/mol. The van der Waals surface area contributed by atoms with Gasteiger partial charge in [0.1, 0.15) is 0 Å². The average Bonchev–Trinajstić information content (AvgIpc) is 2.54. The second-order valence-corrected chi connectivity index (χ2v) is 2.92. The molecule has 0 spiro atoms. The van der Waals surface area contributed by atoms with Crippen LogP contribution < -0.4 is 0 Å². The molecule has 0 radical (unpaired) electrons. The number of aryl methyl sites for hydroxylation is 1. The summed E-state index contributed by atoms with van der Waals surface area (Å²) in [6.07, 6.45) is 0. The van der Waals surface area contributed by atoms with E-state index in [1.807, 2.05) is 18.2 Å². The second kappa shape index (κ2) is 2.86. The van der Waals surface area contributed by atoms with Crippen LogP contribution in [0.4, 0.5) is 0 Å². The third kappa shape index (κ3) is 1.26. The van der Waals surface area contributed by atoms with Crippen molar-refractivity contribution in [3.63, 3.8) is 0 Å². The SMILES string of the molecule is Cc1ccc(-c2ccccc2)[nH]1. The lowest BCUT2D eigenvalue weighted by molar-refractivity contribution is 1.27. The Kier molecular flexibility index (Phi) is 1.71. The lowest BCUT2D eigenvalue weighted by Gasteiger charge is -1.95. The summed E-state index contributed by atoms with van der Waals surface area (Å²) in [5.74, 6) is 0. The molecule has 60 valence electrons. The van der Waals surface area contributed by atoms with E-state index >= 15 is 0 Å². The molecule has 1 heteroatoms. The maximum absolute atomic E-state index is 3.29. The Hall–Kier alpha value is -1.50. The van der Waals surface area contributed by atoms with Gasteiger partial charge >= 0.3 is 0 Å². The molecule has 0 aliphatic carbocycles. The Morgan fingerprint density at radius 3 is 2.25 bits per heavy atom. The highest BCUT2D eigenvalue weighted by molar-refractivity contribution is 5.59. The molecule has 0 bridgehead atoms. The van der Waals surface area contributed by atoms with Crippen molar-refractivity contribution in [1.82, 2.24) is 4.98 Å². The first-order chi connectivity index (χ1) is 5.86. The van der Waals surface area contributed by atoms with E-state index in [4.69, 9.17) is 0 Å². The first-order valence-corrected chi connectivity index (χ1v) is 4.07. The first kappa shape index (κ1) is 7.17. The smallest absolute Gasteiger partial charge is 0.0455 e. The maximum Gasteiger partial charge on any atom is 0.0455 e. The predicted molar refractivity (Wildman–Crippen MR) is 51.0 cm³/mol. The minimum atomic E-state index is 1.19. The van der Waals surface area contributed by atoms with Crippen LogP contribution in [0.1, 0.15) is 5.69 Å². The van der Waals surface area contributed by atoms with Crippen molar-refractivity contribution in [2.24, 2.45) is 0 Å². The van der Waals surface area contributed by atoms with E-state index in [0.717, 1.165) is 0 Å². The normalized spacial score (nSPS) is 10.1. The highest BCUT2D eigenvalue weighted by Crippen LogP contribution is 2.16. The number of rotatable bonds is 1. The van der Waals surface area contributed by atoms with Crippen molar-refractivity contribution in [1.29, 1.82) is 0 Å². The molecule has 1 aromatic heterocycles. The molecule has 1 aromatic carbocycles. The molecule has 0 fully saturated rings. The zero-order chi connectivity index (χ0) is 8.39. The van der Waals surface area contributed by atoms with Gasteiger partial charge in [-0.1, -0.05) is 30.3 Å². The fraction of sp³-hybridized carbons (Fsp3) is 0.0909. The zero-order valence-corrected chi connectivity index (χ0v) is 7.04. The van der Waals surface area contributed by atoms with Gasteiger partial charge in [0.15, 0.2) is 0 Å². The number of hydrogen-bond acceptors (Lipinski definition) is 0. The van der Waals surface area contributed by atoms with E-state index in [-0.39, 0.29) is 0 Å². The molecule has 0 atom stereocenters. The standard InChI is InChI=1S/C11H11N/c1-9-7-8-11(12-9)10-5-3-2-4-6-10/h2-8,12H,1H3. The van der Waals surface area contributed by atoms with Crippen LogP contribution in [0.2, 0.25) is 0 Å². The lowest BCUT2D eigenvalue weighted by atomic mass is 10.2. The number of H-pyrrole nitrogens is 1. The molecule has 0 amide bonds. The number of aromatic nitrogens is 1. The van der Waals surface area contributed by atoms with E-state index in [9.17, 15) is 0 Å². The lowest BCUT2D eigenvalue weighted by Crippen LogP contribution is -1.75. The fourth-order valence-corrected chi connectivity index (χ4v) is 1.29. The molecular weight excluding hydrogens is 146 g/mol. The molecule has 1 heterocycles. The van der Waals surface area contributed by atoms with Gasteiger partial charge in [-0.05, 0) is 24.6 Å². The van der Waals surface area contributed by atoms with Crippen molar-refractivity contribution in [2.45, 2.75) is 6.92 Å². The summed E-state index contributed by atoms with van der Waals surface area (Å²) in [6, 6.07) is 14.5. The molecule has 1 N–H and O–H groups in total. The van der Waals surface area contributed by atoms with Crippen molar-refractivity contribution in [2.75, 3.05) is 0 Å². The van der Waals surface area contributed by atoms with Crippen LogP contribution in [0.25, 0.3) is 11.3 Å². The molecule has 1 nitrogen and oxygen atoms in total. The van der Waals surface area contributed by atoms with E-state index in [2.05, 4.69) is 36.2 Å². The summed E-state index contributed by atoms with van der Waals surface area (Å²) in [6.45, 7) is 2.06. The van der Waals surface area contributed by atoms with E-state index in [0.29, 0.717) is 0 Å². The maximum atomic E-state index is 3.29. The molecule has 0 aliphatic heterocycles. The zero-order valence-electron chi connectivity index (χ0n) is 7.04. The number of hydrogen-bond donors (Lipinski definition) is 1. The molecule has 2 rings (SSSR count). The van der Waals surface area contributed by atoms with Crippen LogP contribution in [0.3, 0.4) is 0 Å². The molecule has 0 saturated carbocycles.